The molecular weight excluding hydrogens is 328 g/mol. The molecule has 0 aliphatic rings. The Balaban J connectivity index is 2.37. The molecule has 0 amide bonds. The van der Waals surface area contributed by atoms with Crippen LogP contribution >= 0.6 is 15.9 Å². The number of hydrogen-bond donors (Lipinski definition) is 0. The van der Waals surface area contributed by atoms with Crippen LogP contribution in [-0.2, 0) is 0 Å². The molecule has 0 aliphatic carbocycles. The number of benzene rings is 2. The van der Waals surface area contributed by atoms with Gasteiger partial charge in [0.1, 0.15) is 11.8 Å². The summed E-state index contributed by atoms with van der Waals surface area (Å²) in [5, 5.41) is 0.598. The van der Waals surface area contributed by atoms with E-state index in [0.29, 0.717) is 16.5 Å². The second kappa shape index (κ2) is 5.15. The summed E-state index contributed by atoms with van der Waals surface area (Å²) in [6.45, 7) is 6.11. The van der Waals surface area contributed by atoms with Gasteiger partial charge in [-0.05, 0) is 55.7 Å². The Hall–Kier alpha value is -1.87. The molecule has 0 atom stereocenters. The van der Waals surface area contributed by atoms with E-state index in [0.717, 1.165) is 21.2 Å². The van der Waals surface area contributed by atoms with Crippen molar-refractivity contribution in [3.05, 3.63) is 68.0 Å². The highest BCUT2D eigenvalue weighted by molar-refractivity contribution is 9.10. The zero-order chi connectivity index (χ0) is 15.1. The van der Waals surface area contributed by atoms with Crippen molar-refractivity contribution in [3.63, 3.8) is 0 Å². The zero-order valence-electron chi connectivity index (χ0n) is 12.2. The molecule has 0 N–H and O–H groups in total. The van der Waals surface area contributed by atoms with Gasteiger partial charge in [-0.2, -0.15) is 0 Å². The summed E-state index contributed by atoms with van der Waals surface area (Å²) in [4.78, 5) is 12.8. The molecule has 0 saturated heterocycles. The fourth-order valence-electron chi connectivity index (χ4n) is 2.88. The van der Waals surface area contributed by atoms with Crippen molar-refractivity contribution in [1.29, 1.82) is 0 Å². The summed E-state index contributed by atoms with van der Waals surface area (Å²) < 4.78 is 6.52. The molecule has 3 heteroatoms. The Labute approximate surface area is 131 Å². The molecule has 0 fully saturated rings. The van der Waals surface area contributed by atoms with E-state index < -0.39 is 0 Å². The fraction of sp³-hybridized carbons (Fsp3) is 0.167. The molecule has 2 nitrogen and oxygen atoms in total. The normalized spacial score (nSPS) is 11.0. The van der Waals surface area contributed by atoms with Crippen molar-refractivity contribution < 1.29 is 4.42 Å². The molecule has 21 heavy (non-hydrogen) atoms. The van der Waals surface area contributed by atoms with E-state index in [2.05, 4.69) is 35.0 Å². The molecule has 0 aliphatic heterocycles. The monoisotopic (exact) mass is 342 g/mol. The molecule has 0 radical (unpaired) electrons. The van der Waals surface area contributed by atoms with Gasteiger partial charge in [0.15, 0.2) is 0 Å². The second-order valence-electron chi connectivity index (χ2n) is 5.39. The Morgan fingerprint density at radius 1 is 1.00 bits per heavy atom. The van der Waals surface area contributed by atoms with Gasteiger partial charge in [-0.15, -0.1) is 0 Å². The molecule has 3 rings (SSSR count). The van der Waals surface area contributed by atoms with Gasteiger partial charge in [0.25, 0.3) is 0 Å². The van der Waals surface area contributed by atoms with E-state index in [-0.39, 0.29) is 5.43 Å². The van der Waals surface area contributed by atoms with Crippen LogP contribution in [0.15, 0.2) is 50.3 Å². The Morgan fingerprint density at radius 2 is 1.67 bits per heavy atom. The Bertz CT molecular complexity index is 884. The summed E-state index contributed by atoms with van der Waals surface area (Å²) in [5.41, 5.74) is 5.58. The molecule has 106 valence electrons. The lowest BCUT2D eigenvalue weighted by Gasteiger charge is -2.11. The standard InChI is InChI=1S/C18H15BrO2/c1-10-6-11(2)17(12(3)7-10)15-9-21-16-5-4-13(19)8-14(16)18(15)20/h4-9H,1-3H3. The van der Waals surface area contributed by atoms with Crippen LogP contribution < -0.4 is 5.43 Å². The topological polar surface area (TPSA) is 30.2 Å². The summed E-state index contributed by atoms with van der Waals surface area (Å²) in [5.74, 6) is 0. The van der Waals surface area contributed by atoms with Gasteiger partial charge in [0.2, 0.25) is 5.43 Å². The van der Waals surface area contributed by atoms with E-state index >= 15 is 0 Å². The molecule has 1 heterocycles. The number of hydrogen-bond acceptors (Lipinski definition) is 2. The van der Waals surface area contributed by atoms with Crippen molar-refractivity contribution in [2.45, 2.75) is 20.8 Å². The van der Waals surface area contributed by atoms with Crippen LogP contribution in [0.4, 0.5) is 0 Å². The van der Waals surface area contributed by atoms with Gasteiger partial charge in [-0.25, -0.2) is 0 Å². The first-order valence-corrected chi connectivity index (χ1v) is 7.56. The summed E-state index contributed by atoms with van der Waals surface area (Å²) in [6.07, 6.45) is 1.57. The summed E-state index contributed by atoms with van der Waals surface area (Å²) in [7, 11) is 0. The van der Waals surface area contributed by atoms with E-state index in [1.165, 1.54) is 5.56 Å². The van der Waals surface area contributed by atoms with Crippen LogP contribution in [0.2, 0.25) is 0 Å². The van der Waals surface area contributed by atoms with Gasteiger partial charge in [-0.1, -0.05) is 33.6 Å². The molecule has 0 bridgehead atoms. The third-order valence-electron chi connectivity index (χ3n) is 3.68. The number of halogens is 1. The third kappa shape index (κ3) is 2.42. The third-order valence-corrected chi connectivity index (χ3v) is 4.17. The number of aryl methyl sites for hydroxylation is 3. The van der Waals surface area contributed by atoms with Crippen molar-refractivity contribution in [1.82, 2.24) is 0 Å². The second-order valence-corrected chi connectivity index (χ2v) is 6.31. The SMILES string of the molecule is Cc1cc(C)c(-c2coc3ccc(Br)cc3c2=O)c(C)c1. The fourth-order valence-corrected chi connectivity index (χ4v) is 3.24. The average Bonchev–Trinajstić information content (AvgIpc) is 2.41. The summed E-state index contributed by atoms with van der Waals surface area (Å²) in [6, 6.07) is 9.66. The first kappa shape index (κ1) is 14.1. The molecule has 0 unspecified atom stereocenters. The van der Waals surface area contributed by atoms with Crippen LogP contribution in [0.25, 0.3) is 22.1 Å². The molecular formula is C18H15BrO2. The predicted octanol–water partition coefficient (Wildman–Crippen LogP) is 5.15. The van der Waals surface area contributed by atoms with Crippen molar-refractivity contribution in [2.24, 2.45) is 0 Å². The number of fused-ring (bicyclic) bond motifs is 1. The Morgan fingerprint density at radius 3 is 2.33 bits per heavy atom. The minimum atomic E-state index is 0.00704. The average molecular weight is 343 g/mol. The maximum atomic E-state index is 12.8. The highest BCUT2D eigenvalue weighted by Gasteiger charge is 2.13. The quantitative estimate of drug-likeness (QED) is 0.612. The summed E-state index contributed by atoms with van der Waals surface area (Å²) >= 11 is 3.41. The minimum absolute atomic E-state index is 0.00704. The van der Waals surface area contributed by atoms with E-state index in [1.54, 1.807) is 12.3 Å². The Kier molecular flexibility index (Phi) is 3.46. The first-order chi connectivity index (χ1) is 9.97. The van der Waals surface area contributed by atoms with Crippen LogP contribution in [0.1, 0.15) is 16.7 Å². The first-order valence-electron chi connectivity index (χ1n) is 6.76. The van der Waals surface area contributed by atoms with Crippen molar-refractivity contribution in [3.8, 4) is 11.1 Å². The van der Waals surface area contributed by atoms with Gasteiger partial charge in [-0.3, -0.25) is 4.79 Å². The van der Waals surface area contributed by atoms with Crippen LogP contribution in [-0.4, -0.2) is 0 Å². The molecule has 2 aromatic carbocycles. The largest absolute Gasteiger partial charge is 0.463 e. The molecule has 0 spiro atoms. The zero-order valence-corrected chi connectivity index (χ0v) is 13.7. The van der Waals surface area contributed by atoms with Gasteiger partial charge in [0, 0.05) is 4.47 Å². The van der Waals surface area contributed by atoms with Gasteiger partial charge < -0.3 is 4.42 Å². The van der Waals surface area contributed by atoms with E-state index in [9.17, 15) is 4.79 Å². The smallest absolute Gasteiger partial charge is 0.200 e. The molecule has 0 saturated carbocycles. The highest BCUT2D eigenvalue weighted by Crippen LogP contribution is 2.28. The lowest BCUT2D eigenvalue weighted by molar-refractivity contribution is 0.604. The molecule has 1 aromatic heterocycles. The van der Waals surface area contributed by atoms with Crippen molar-refractivity contribution in [2.75, 3.05) is 0 Å². The van der Waals surface area contributed by atoms with Crippen molar-refractivity contribution >= 4 is 26.9 Å². The molecule has 3 aromatic rings. The van der Waals surface area contributed by atoms with Crippen LogP contribution in [0.3, 0.4) is 0 Å². The lowest BCUT2D eigenvalue weighted by atomic mass is 9.94. The van der Waals surface area contributed by atoms with Gasteiger partial charge in [0.05, 0.1) is 10.9 Å². The van der Waals surface area contributed by atoms with Gasteiger partial charge >= 0.3 is 0 Å². The van der Waals surface area contributed by atoms with Crippen LogP contribution in [0.5, 0.6) is 0 Å². The van der Waals surface area contributed by atoms with E-state index in [4.69, 9.17) is 4.42 Å². The maximum Gasteiger partial charge on any atom is 0.200 e. The highest BCUT2D eigenvalue weighted by atomic mass is 79.9. The minimum Gasteiger partial charge on any atom is -0.463 e. The van der Waals surface area contributed by atoms with Crippen LogP contribution in [0, 0.1) is 20.8 Å². The van der Waals surface area contributed by atoms with E-state index in [1.807, 2.05) is 26.0 Å². The lowest BCUT2D eigenvalue weighted by Crippen LogP contribution is -2.07. The predicted molar refractivity (Wildman–Crippen MR) is 89.8 cm³/mol. The number of rotatable bonds is 1. The maximum absolute atomic E-state index is 12.8.